The lowest BCUT2D eigenvalue weighted by molar-refractivity contribution is -0.235. The third-order valence-corrected chi connectivity index (χ3v) is 8.52. The van der Waals surface area contributed by atoms with E-state index in [-0.39, 0.29) is 36.6 Å². The highest BCUT2D eigenvalue weighted by Crippen LogP contribution is 2.40. The molecule has 260 valence electrons. The average Bonchev–Trinajstić information content (AvgIpc) is 3.54. The van der Waals surface area contributed by atoms with Crippen molar-refractivity contribution < 1.29 is 33.4 Å². The minimum absolute atomic E-state index is 0.153. The molecule has 0 saturated carbocycles. The lowest BCUT2D eigenvalue weighted by Crippen LogP contribution is -2.48. The van der Waals surface area contributed by atoms with E-state index in [9.17, 15) is 9.59 Å². The minimum atomic E-state index is -0.759. The van der Waals surface area contributed by atoms with Crippen molar-refractivity contribution >= 4 is 17.6 Å². The van der Waals surface area contributed by atoms with Crippen LogP contribution >= 0.6 is 0 Å². The van der Waals surface area contributed by atoms with Crippen molar-refractivity contribution in [1.29, 1.82) is 0 Å². The second-order valence-corrected chi connectivity index (χ2v) is 13.1. The Balaban J connectivity index is 1.15. The molecule has 2 aliphatic heterocycles. The molecule has 2 aromatic carbocycles. The largest absolute Gasteiger partial charge is 0.350 e. The van der Waals surface area contributed by atoms with Crippen LogP contribution in [0.3, 0.4) is 0 Å². The number of amides is 3. The number of rotatable bonds is 20. The molecule has 2 fully saturated rings. The SMILES string of the molecule is CCCCCCCCCCCCO[C@H]1O[C@H]([C@H](C)NC(=O)Nc2ccc(CC(=O)NOCc3ccccc3)cc2)[C@@H]2OC(C)(C)O[C@H]12. The van der Waals surface area contributed by atoms with Crippen molar-refractivity contribution in [1.82, 2.24) is 10.8 Å². The number of fused-ring (bicyclic) bond motifs is 1. The van der Waals surface area contributed by atoms with Gasteiger partial charge in [0.2, 0.25) is 5.91 Å². The molecule has 0 aromatic heterocycles. The number of benzene rings is 2. The van der Waals surface area contributed by atoms with Crippen molar-refractivity contribution in [2.24, 2.45) is 0 Å². The van der Waals surface area contributed by atoms with E-state index < -0.39 is 18.2 Å². The van der Waals surface area contributed by atoms with Crippen LogP contribution in [-0.4, -0.2) is 55.0 Å². The van der Waals surface area contributed by atoms with Crippen LogP contribution < -0.4 is 16.1 Å². The molecule has 3 N–H and O–H groups in total. The molecule has 2 aliphatic rings. The molecule has 2 heterocycles. The number of hydrogen-bond acceptors (Lipinski definition) is 7. The van der Waals surface area contributed by atoms with Crippen LogP contribution in [0.1, 0.15) is 103 Å². The van der Waals surface area contributed by atoms with Crippen molar-refractivity contribution in [3.05, 3.63) is 65.7 Å². The van der Waals surface area contributed by atoms with Gasteiger partial charge in [0.25, 0.3) is 0 Å². The van der Waals surface area contributed by atoms with Gasteiger partial charge in [-0.3, -0.25) is 9.63 Å². The van der Waals surface area contributed by atoms with Crippen molar-refractivity contribution in [3.63, 3.8) is 0 Å². The van der Waals surface area contributed by atoms with Crippen LogP contribution in [0.5, 0.6) is 0 Å². The molecule has 0 aliphatic carbocycles. The van der Waals surface area contributed by atoms with E-state index >= 15 is 0 Å². The Kier molecular flexibility index (Phi) is 15.0. The number of carbonyl (C=O) groups excluding carboxylic acids is 2. The molecule has 10 nitrogen and oxygen atoms in total. The first-order valence-corrected chi connectivity index (χ1v) is 17.5. The fourth-order valence-corrected chi connectivity index (χ4v) is 6.07. The maximum absolute atomic E-state index is 12.9. The van der Waals surface area contributed by atoms with Gasteiger partial charge < -0.3 is 29.6 Å². The number of nitrogens with one attached hydrogen (secondary N) is 3. The standard InChI is InChI=1S/C37H55N3O7/c1-5-6-7-8-9-10-11-12-13-17-24-43-35-34-33(46-37(3,4)47-34)32(45-35)27(2)38-36(42)39-30-22-20-28(21-23-30)25-31(41)40-44-26-29-18-15-14-16-19-29/h14-16,18-23,27,32-35H,5-13,17,24-26H2,1-4H3,(H,40,41)(H2,38,39,42)/t27-,32+,33-,34-,35-/m0/s1. The van der Waals surface area contributed by atoms with Gasteiger partial charge in [-0.25, -0.2) is 10.3 Å². The quantitative estimate of drug-likeness (QED) is 0.103. The van der Waals surface area contributed by atoms with E-state index in [1.807, 2.05) is 51.1 Å². The molecular formula is C37H55N3O7. The third-order valence-electron chi connectivity index (χ3n) is 8.52. The summed E-state index contributed by atoms with van der Waals surface area (Å²) in [5.41, 5.74) is 4.83. The number of urea groups is 1. The Morgan fingerprint density at radius 3 is 2.15 bits per heavy atom. The summed E-state index contributed by atoms with van der Waals surface area (Å²) >= 11 is 0. The van der Waals surface area contributed by atoms with Crippen LogP contribution in [0.25, 0.3) is 0 Å². The van der Waals surface area contributed by atoms with Crippen LogP contribution in [0.2, 0.25) is 0 Å². The highest BCUT2D eigenvalue weighted by Gasteiger charge is 2.57. The molecule has 3 amide bonds. The molecule has 2 saturated heterocycles. The molecule has 0 radical (unpaired) electrons. The molecule has 2 aromatic rings. The highest BCUT2D eigenvalue weighted by molar-refractivity contribution is 5.89. The molecular weight excluding hydrogens is 598 g/mol. The number of unbranched alkanes of at least 4 members (excludes halogenated alkanes) is 9. The molecule has 10 heteroatoms. The summed E-state index contributed by atoms with van der Waals surface area (Å²) in [6, 6.07) is 16.0. The van der Waals surface area contributed by atoms with Crippen LogP contribution in [0.4, 0.5) is 10.5 Å². The fourth-order valence-electron chi connectivity index (χ4n) is 6.07. The van der Waals surface area contributed by atoms with E-state index in [1.165, 1.54) is 51.4 Å². The van der Waals surface area contributed by atoms with Gasteiger partial charge in [0, 0.05) is 12.3 Å². The van der Waals surface area contributed by atoms with Crippen LogP contribution in [-0.2, 0) is 41.6 Å². The van der Waals surface area contributed by atoms with E-state index in [0.717, 1.165) is 24.0 Å². The Morgan fingerprint density at radius 1 is 0.830 bits per heavy atom. The maximum atomic E-state index is 12.9. The van der Waals surface area contributed by atoms with Gasteiger partial charge in [0.1, 0.15) is 18.3 Å². The highest BCUT2D eigenvalue weighted by atomic mass is 16.8. The summed E-state index contributed by atoms with van der Waals surface area (Å²) in [4.78, 5) is 30.5. The first kappa shape index (κ1) is 36.8. The van der Waals surface area contributed by atoms with Crippen LogP contribution in [0.15, 0.2) is 54.6 Å². The van der Waals surface area contributed by atoms with E-state index in [4.69, 9.17) is 23.8 Å². The average molecular weight is 654 g/mol. The molecule has 0 bridgehead atoms. The Labute approximate surface area is 280 Å². The molecule has 5 atom stereocenters. The molecule has 0 unspecified atom stereocenters. The summed E-state index contributed by atoms with van der Waals surface area (Å²) in [5.74, 6) is -1.01. The number of anilines is 1. The Morgan fingerprint density at radius 2 is 1.47 bits per heavy atom. The van der Waals surface area contributed by atoms with Crippen LogP contribution in [0, 0.1) is 0 Å². The maximum Gasteiger partial charge on any atom is 0.319 e. The summed E-state index contributed by atoms with van der Waals surface area (Å²) in [7, 11) is 0. The van der Waals surface area contributed by atoms with Gasteiger partial charge in [-0.1, -0.05) is 107 Å². The predicted octanol–water partition coefficient (Wildman–Crippen LogP) is 7.17. The Hall–Kier alpha value is -3.02. The van der Waals surface area contributed by atoms with Crippen molar-refractivity contribution in [2.75, 3.05) is 11.9 Å². The summed E-state index contributed by atoms with van der Waals surface area (Å²) in [6.07, 6.45) is 11.1. The number of hydroxylamine groups is 1. The first-order chi connectivity index (χ1) is 22.7. The minimum Gasteiger partial charge on any atom is -0.350 e. The molecule has 47 heavy (non-hydrogen) atoms. The number of hydrogen-bond donors (Lipinski definition) is 3. The van der Waals surface area contributed by atoms with Gasteiger partial charge in [0.05, 0.1) is 19.1 Å². The fraction of sp³-hybridized carbons (Fsp3) is 0.622. The summed E-state index contributed by atoms with van der Waals surface area (Å²) in [5, 5.41) is 5.84. The van der Waals surface area contributed by atoms with E-state index in [2.05, 4.69) is 23.0 Å². The second kappa shape index (κ2) is 19.1. The van der Waals surface area contributed by atoms with Gasteiger partial charge in [-0.05, 0) is 50.5 Å². The zero-order valence-corrected chi connectivity index (χ0v) is 28.6. The zero-order valence-electron chi connectivity index (χ0n) is 28.6. The first-order valence-electron chi connectivity index (χ1n) is 17.5. The van der Waals surface area contributed by atoms with E-state index in [1.54, 1.807) is 24.3 Å². The van der Waals surface area contributed by atoms with Gasteiger partial charge in [-0.15, -0.1) is 0 Å². The third kappa shape index (κ3) is 12.5. The lowest BCUT2D eigenvalue weighted by atomic mass is 10.1. The van der Waals surface area contributed by atoms with Gasteiger partial charge in [-0.2, -0.15) is 0 Å². The summed E-state index contributed by atoms with van der Waals surface area (Å²) in [6.45, 7) is 8.81. The Bertz CT molecular complexity index is 1210. The number of ether oxygens (including phenoxy) is 4. The normalized spacial score (nSPS) is 22.0. The monoisotopic (exact) mass is 653 g/mol. The van der Waals surface area contributed by atoms with E-state index in [0.29, 0.717) is 18.9 Å². The predicted molar refractivity (Wildman–Crippen MR) is 181 cm³/mol. The van der Waals surface area contributed by atoms with Gasteiger partial charge in [0.15, 0.2) is 12.1 Å². The smallest absolute Gasteiger partial charge is 0.319 e. The van der Waals surface area contributed by atoms with Crippen molar-refractivity contribution in [3.8, 4) is 0 Å². The molecule has 0 spiro atoms. The number of carbonyl (C=O) groups is 2. The summed E-state index contributed by atoms with van der Waals surface area (Å²) < 4.78 is 24.8. The van der Waals surface area contributed by atoms with Crippen molar-refractivity contribution in [2.45, 2.75) is 141 Å². The lowest BCUT2D eigenvalue weighted by Gasteiger charge is -2.27. The zero-order chi connectivity index (χ0) is 33.5. The van der Waals surface area contributed by atoms with Gasteiger partial charge >= 0.3 is 6.03 Å². The topological polar surface area (TPSA) is 116 Å². The molecule has 4 rings (SSSR count). The second-order valence-electron chi connectivity index (χ2n) is 13.1.